The fourth-order valence-electron chi connectivity index (χ4n) is 3.04. The molecule has 1 rings (SSSR count). The highest BCUT2D eigenvalue weighted by molar-refractivity contribution is 5.83. The number of carbonyl (C=O) groups excluding carboxylic acids is 1. The first kappa shape index (κ1) is 21.4. The summed E-state index contributed by atoms with van der Waals surface area (Å²) >= 11 is 0. The number of piperidine rings is 1. The molecule has 24 heavy (non-hydrogen) atoms. The third kappa shape index (κ3) is 6.69. The minimum absolute atomic E-state index is 0.159. The molecule has 1 saturated heterocycles. The molecule has 0 spiro atoms. The van der Waals surface area contributed by atoms with Crippen LogP contribution in [0.3, 0.4) is 0 Å². The van der Waals surface area contributed by atoms with Crippen LogP contribution in [0.4, 0.5) is 0 Å². The van der Waals surface area contributed by atoms with Gasteiger partial charge in [-0.05, 0) is 66.7 Å². The number of rotatable bonds is 8. The number of nitrogens with zero attached hydrogens (tertiary/aromatic N) is 2. The smallest absolute Gasteiger partial charge is 0.228 e. The molecule has 1 N–H and O–H groups in total. The maximum atomic E-state index is 12.9. The molecule has 1 fully saturated rings. The number of likely N-dealkylation sites (N-methyl/N-ethyl adjacent to an activating group) is 1. The molecule has 0 aromatic carbocycles. The number of ether oxygens (including phenoxy) is 1. The molecule has 0 saturated carbocycles. The molecule has 0 radical (unpaired) electrons. The van der Waals surface area contributed by atoms with Crippen molar-refractivity contribution < 1.29 is 9.53 Å². The van der Waals surface area contributed by atoms with Crippen LogP contribution in [0.5, 0.6) is 0 Å². The molecule has 0 bridgehead atoms. The third-order valence-electron chi connectivity index (χ3n) is 4.88. The second-order valence-electron chi connectivity index (χ2n) is 8.90. The Morgan fingerprint density at radius 2 is 1.83 bits per heavy atom. The summed E-state index contributed by atoms with van der Waals surface area (Å²) in [5, 5.41) is 3.15. The third-order valence-corrected chi connectivity index (χ3v) is 4.88. The van der Waals surface area contributed by atoms with E-state index in [1.807, 2.05) is 14.1 Å². The lowest BCUT2D eigenvalue weighted by molar-refractivity contribution is -0.140. The summed E-state index contributed by atoms with van der Waals surface area (Å²) in [5.74, 6) is 0.643. The van der Waals surface area contributed by atoms with E-state index >= 15 is 0 Å². The van der Waals surface area contributed by atoms with Gasteiger partial charge >= 0.3 is 0 Å². The second kappa shape index (κ2) is 9.16. The number of carbonyl (C=O) groups is 1. The normalized spacial score (nSPS) is 19.0. The first-order valence-corrected chi connectivity index (χ1v) is 9.33. The number of hydrogen-bond acceptors (Lipinski definition) is 4. The highest BCUT2D eigenvalue weighted by Crippen LogP contribution is 2.35. The van der Waals surface area contributed by atoms with Crippen molar-refractivity contribution in [3.8, 4) is 0 Å². The Bertz CT molecular complexity index is 381. The zero-order chi connectivity index (χ0) is 18.4. The van der Waals surface area contributed by atoms with Gasteiger partial charge in [-0.1, -0.05) is 13.8 Å². The summed E-state index contributed by atoms with van der Waals surface area (Å²) in [4.78, 5) is 17.5. The van der Waals surface area contributed by atoms with Crippen LogP contribution < -0.4 is 5.32 Å². The van der Waals surface area contributed by atoms with Gasteiger partial charge in [-0.15, -0.1) is 0 Å². The Morgan fingerprint density at radius 3 is 2.29 bits per heavy atom. The Kier molecular flexibility index (Phi) is 8.16. The summed E-state index contributed by atoms with van der Waals surface area (Å²) in [6, 6.07) is 0. The van der Waals surface area contributed by atoms with Gasteiger partial charge in [-0.25, -0.2) is 0 Å². The van der Waals surface area contributed by atoms with Gasteiger partial charge in [-0.2, -0.15) is 0 Å². The highest BCUT2D eigenvalue weighted by atomic mass is 16.5. The molecule has 0 aromatic rings. The van der Waals surface area contributed by atoms with Gasteiger partial charge in [0.15, 0.2) is 0 Å². The number of hydrogen-bond donors (Lipinski definition) is 1. The quantitative estimate of drug-likeness (QED) is 0.688. The fraction of sp³-hybridized carbons (Fsp3) is 0.947. The van der Waals surface area contributed by atoms with Crippen molar-refractivity contribution in [2.45, 2.75) is 53.0 Å². The van der Waals surface area contributed by atoms with Crippen molar-refractivity contribution in [2.75, 3.05) is 53.5 Å². The van der Waals surface area contributed by atoms with E-state index in [-0.39, 0.29) is 16.9 Å². The zero-order valence-corrected chi connectivity index (χ0v) is 16.9. The lowest BCUT2D eigenvalue weighted by Crippen LogP contribution is -2.55. The summed E-state index contributed by atoms with van der Waals surface area (Å²) in [6.07, 6.45) is 1.74. The molecular formula is C19H39N3O2. The van der Waals surface area contributed by atoms with Gasteiger partial charge in [0.05, 0.1) is 18.6 Å². The first-order chi connectivity index (χ1) is 11.1. The van der Waals surface area contributed by atoms with Crippen molar-refractivity contribution >= 4 is 5.91 Å². The van der Waals surface area contributed by atoms with Gasteiger partial charge < -0.3 is 15.0 Å². The average molecular weight is 342 g/mol. The van der Waals surface area contributed by atoms with Gasteiger partial charge in [0.2, 0.25) is 5.91 Å². The van der Waals surface area contributed by atoms with E-state index in [0.29, 0.717) is 19.1 Å². The Balaban J connectivity index is 2.68. The summed E-state index contributed by atoms with van der Waals surface area (Å²) in [7, 11) is 4.08. The van der Waals surface area contributed by atoms with E-state index in [9.17, 15) is 4.79 Å². The van der Waals surface area contributed by atoms with Crippen LogP contribution in [-0.4, -0.2) is 74.7 Å². The lowest BCUT2D eigenvalue weighted by atomic mass is 9.77. The van der Waals surface area contributed by atoms with Gasteiger partial charge in [0.25, 0.3) is 0 Å². The fourth-order valence-corrected chi connectivity index (χ4v) is 3.04. The second-order valence-corrected chi connectivity index (χ2v) is 8.90. The van der Waals surface area contributed by atoms with Crippen molar-refractivity contribution in [3.05, 3.63) is 0 Å². The Hall–Kier alpha value is -0.650. The summed E-state index contributed by atoms with van der Waals surface area (Å²) in [5.41, 5.74) is -0.213. The number of amides is 1. The molecule has 0 aromatic heterocycles. The van der Waals surface area contributed by atoms with Crippen LogP contribution in [0.2, 0.25) is 0 Å². The Labute approximate surface area is 149 Å². The molecule has 1 amide bonds. The molecule has 142 valence electrons. The number of nitrogens with one attached hydrogen (secondary N) is 1. The van der Waals surface area contributed by atoms with Crippen molar-refractivity contribution in [3.63, 3.8) is 0 Å². The van der Waals surface area contributed by atoms with E-state index in [1.165, 1.54) is 0 Å². The molecule has 5 heteroatoms. The molecule has 1 aliphatic heterocycles. The van der Waals surface area contributed by atoms with Crippen LogP contribution in [0.1, 0.15) is 47.5 Å². The topological polar surface area (TPSA) is 44.8 Å². The van der Waals surface area contributed by atoms with Crippen molar-refractivity contribution in [1.29, 1.82) is 0 Å². The van der Waals surface area contributed by atoms with E-state index in [4.69, 9.17) is 4.74 Å². The minimum Gasteiger partial charge on any atom is -0.379 e. The maximum Gasteiger partial charge on any atom is 0.228 e. The maximum absolute atomic E-state index is 12.9. The van der Waals surface area contributed by atoms with E-state index < -0.39 is 0 Å². The predicted molar refractivity (Wildman–Crippen MR) is 100 cm³/mol. The van der Waals surface area contributed by atoms with E-state index in [0.717, 1.165) is 39.0 Å². The van der Waals surface area contributed by atoms with Crippen LogP contribution in [0.15, 0.2) is 0 Å². The van der Waals surface area contributed by atoms with E-state index in [2.05, 4.69) is 49.7 Å². The van der Waals surface area contributed by atoms with Gasteiger partial charge in [-0.3, -0.25) is 9.69 Å². The lowest BCUT2D eigenvalue weighted by Gasteiger charge is -2.45. The van der Waals surface area contributed by atoms with Gasteiger partial charge in [0, 0.05) is 18.6 Å². The summed E-state index contributed by atoms with van der Waals surface area (Å²) < 4.78 is 5.92. The van der Waals surface area contributed by atoms with Crippen molar-refractivity contribution in [1.82, 2.24) is 15.1 Å². The minimum atomic E-state index is -0.372. The monoisotopic (exact) mass is 341 g/mol. The van der Waals surface area contributed by atoms with Crippen LogP contribution in [0.25, 0.3) is 0 Å². The largest absolute Gasteiger partial charge is 0.379 e. The van der Waals surface area contributed by atoms with Crippen LogP contribution in [0, 0.1) is 11.3 Å². The molecule has 1 aliphatic rings. The zero-order valence-electron chi connectivity index (χ0n) is 16.9. The van der Waals surface area contributed by atoms with E-state index in [1.54, 1.807) is 0 Å². The van der Waals surface area contributed by atoms with Gasteiger partial charge in [0.1, 0.15) is 0 Å². The predicted octanol–water partition coefficient (Wildman–Crippen LogP) is 2.22. The molecular weight excluding hydrogens is 302 g/mol. The Morgan fingerprint density at radius 1 is 1.25 bits per heavy atom. The first-order valence-electron chi connectivity index (χ1n) is 9.33. The molecule has 1 heterocycles. The van der Waals surface area contributed by atoms with Crippen LogP contribution >= 0.6 is 0 Å². The SMILES string of the molecule is CC(C)CNC(=O)C1(COCCN(C)C)CCN(C(C)(C)C)CC1. The van der Waals surface area contributed by atoms with Crippen molar-refractivity contribution in [2.24, 2.45) is 11.3 Å². The number of likely N-dealkylation sites (tertiary alicyclic amines) is 1. The molecule has 0 atom stereocenters. The molecule has 5 nitrogen and oxygen atoms in total. The molecule has 0 unspecified atom stereocenters. The average Bonchev–Trinajstić information content (AvgIpc) is 2.48. The molecule has 0 aliphatic carbocycles. The standard InChI is InChI=1S/C19H39N3O2/c1-16(2)14-20-17(23)19(15-24-13-12-21(6)7)8-10-22(11-9-19)18(3,4)5/h16H,8-15H2,1-7H3,(H,20,23). The van der Waals surface area contributed by atoms with Crippen LogP contribution in [-0.2, 0) is 9.53 Å². The highest BCUT2D eigenvalue weighted by Gasteiger charge is 2.43. The summed E-state index contributed by atoms with van der Waals surface area (Å²) in [6.45, 7) is 15.7.